The van der Waals surface area contributed by atoms with Gasteiger partial charge in [-0.05, 0) is 54.6 Å². The first-order valence-corrected chi connectivity index (χ1v) is 10.6. The van der Waals surface area contributed by atoms with Crippen LogP contribution < -0.4 is 9.80 Å². The molecule has 0 bridgehead atoms. The molecule has 0 saturated heterocycles. The second-order valence-corrected chi connectivity index (χ2v) is 7.55. The van der Waals surface area contributed by atoms with Crippen molar-refractivity contribution >= 4 is 35.1 Å². The molecule has 3 aromatic carbocycles. The van der Waals surface area contributed by atoms with E-state index in [9.17, 15) is 23.6 Å². The zero-order chi connectivity index (χ0) is 24.9. The largest absolute Gasteiger partial charge is 0.452 e. The number of fused-ring (bicyclic) bond motifs is 1. The van der Waals surface area contributed by atoms with Crippen LogP contribution in [0.15, 0.2) is 72.8 Å². The predicted octanol–water partition coefficient (Wildman–Crippen LogP) is 3.73. The van der Waals surface area contributed by atoms with Crippen LogP contribution in [0, 0.1) is 17.1 Å². The van der Waals surface area contributed by atoms with Gasteiger partial charge in [0.15, 0.2) is 6.61 Å². The number of halogens is 1. The Hall–Kier alpha value is -4.84. The monoisotopic (exact) mass is 471 g/mol. The number of esters is 1. The second kappa shape index (κ2) is 9.97. The summed E-state index contributed by atoms with van der Waals surface area (Å²) in [5.74, 6) is -3.13. The van der Waals surface area contributed by atoms with Gasteiger partial charge in [0.05, 0.1) is 34.9 Å². The highest BCUT2D eigenvalue weighted by Gasteiger charge is 2.37. The van der Waals surface area contributed by atoms with E-state index < -0.39 is 36.1 Å². The summed E-state index contributed by atoms with van der Waals surface area (Å²) in [6.45, 7) is -0.448. The van der Waals surface area contributed by atoms with Crippen molar-refractivity contribution in [2.24, 2.45) is 0 Å². The minimum atomic E-state index is -0.852. The van der Waals surface area contributed by atoms with Crippen LogP contribution in [0.1, 0.15) is 37.5 Å². The van der Waals surface area contributed by atoms with Crippen LogP contribution in [0.2, 0.25) is 0 Å². The Kier molecular flexibility index (Phi) is 6.64. The summed E-state index contributed by atoms with van der Waals surface area (Å²) >= 11 is 0. The van der Waals surface area contributed by atoms with Crippen LogP contribution in [0.3, 0.4) is 0 Å². The molecule has 174 valence electrons. The number of hydrogen-bond acceptors (Lipinski definition) is 6. The molecule has 4 rings (SSSR count). The van der Waals surface area contributed by atoms with E-state index in [1.165, 1.54) is 35.2 Å². The minimum absolute atomic E-state index is 0.0000313. The SMILES string of the molecule is N#CCCN(C(=O)COC(=O)c1ccc2c(c1)C(=O)N(c1ccc(F)cc1)C2=O)c1ccccc1. The van der Waals surface area contributed by atoms with Crippen molar-refractivity contribution in [2.75, 3.05) is 23.0 Å². The lowest BCUT2D eigenvalue weighted by atomic mass is 10.1. The van der Waals surface area contributed by atoms with Crippen molar-refractivity contribution in [3.05, 3.63) is 95.3 Å². The van der Waals surface area contributed by atoms with Gasteiger partial charge in [-0.15, -0.1) is 0 Å². The average molecular weight is 471 g/mol. The highest BCUT2D eigenvalue weighted by molar-refractivity contribution is 6.34. The third-order valence-corrected chi connectivity index (χ3v) is 5.35. The van der Waals surface area contributed by atoms with Gasteiger partial charge in [-0.3, -0.25) is 14.4 Å². The Morgan fingerprint density at radius 3 is 2.31 bits per heavy atom. The molecule has 3 aromatic rings. The summed E-state index contributed by atoms with van der Waals surface area (Å²) in [7, 11) is 0. The zero-order valence-corrected chi connectivity index (χ0v) is 18.3. The summed E-state index contributed by atoms with van der Waals surface area (Å²) < 4.78 is 18.4. The highest BCUT2D eigenvalue weighted by atomic mass is 19.1. The van der Waals surface area contributed by atoms with Crippen molar-refractivity contribution < 1.29 is 28.3 Å². The first-order valence-electron chi connectivity index (χ1n) is 10.6. The Bertz CT molecular complexity index is 1350. The van der Waals surface area contributed by atoms with Crippen molar-refractivity contribution in [3.8, 4) is 6.07 Å². The molecule has 8 nitrogen and oxygen atoms in total. The average Bonchev–Trinajstić information content (AvgIpc) is 3.13. The van der Waals surface area contributed by atoms with E-state index in [0.717, 1.165) is 17.0 Å². The van der Waals surface area contributed by atoms with Gasteiger partial charge in [0.1, 0.15) is 5.82 Å². The van der Waals surface area contributed by atoms with E-state index >= 15 is 0 Å². The number of nitrogens with zero attached hydrogens (tertiary/aromatic N) is 3. The van der Waals surface area contributed by atoms with Crippen molar-refractivity contribution in [1.29, 1.82) is 5.26 Å². The van der Waals surface area contributed by atoms with Crippen molar-refractivity contribution in [2.45, 2.75) is 6.42 Å². The van der Waals surface area contributed by atoms with Gasteiger partial charge < -0.3 is 9.64 Å². The van der Waals surface area contributed by atoms with Crippen molar-refractivity contribution in [1.82, 2.24) is 0 Å². The van der Waals surface area contributed by atoms with Gasteiger partial charge in [0.2, 0.25) is 0 Å². The maximum atomic E-state index is 13.2. The molecular formula is C26H18FN3O5. The molecule has 3 amide bonds. The lowest BCUT2D eigenvalue weighted by Gasteiger charge is -2.21. The second-order valence-electron chi connectivity index (χ2n) is 7.55. The van der Waals surface area contributed by atoms with Gasteiger partial charge in [0, 0.05) is 12.2 Å². The smallest absolute Gasteiger partial charge is 0.338 e. The van der Waals surface area contributed by atoms with Gasteiger partial charge in [-0.1, -0.05) is 18.2 Å². The lowest BCUT2D eigenvalue weighted by Crippen LogP contribution is -2.35. The molecule has 0 fully saturated rings. The maximum Gasteiger partial charge on any atom is 0.338 e. The number of imide groups is 1. The molecule has 0 N–H and O–H groups in total. The number of benzene rings is 3. The lowest BCUT2D eigenvalue weighted by molar-refractivity contribution is -0.121. The molecule has 35 heavy (non-hydrogen) atoms. The number of nitriles is 1. The standard InChI is InChI=1S/C26H18FN3O5/c27-18-8-10-20(11-9-18)30-24(32)21-12-7-17(15-22(21)25(30)33)26(34)35-16-23(31)29(14-4-13-28)19-5-2-1-3-6-19/h1-3,5-12,15H,4,14,16H2. The van der Waals surface area contributed by atoms with Crippen LogP contribution >= 0.6 is 0 Å². The molecule has 0 atom stereocenters. The normalized spacial score (nSPS) is 12.2. The Balaban J connectivity index is 1.48. The van der Waals surface area contributed by atoms with E-state index in [0.29, 0.717) is 5.69 Å². The number of ether oxygens (including phenoxy) is 1. The van der Waals surface area contributed by atoms with Gasteiger partial charge in [-0.2, -0.15) is 5.26 Å². The van der Waals surface area contributed by atoms with E-state index in [1.54, 1.807) is 30.3 Å². The van der Waals surface area contributed by atoms with Gasteiger partial charge >= 0.3 is 5.97 Å². The van der Waals surface area contributed by atoms with Crippen LogP contribution in [0.5, 0.6) is 0 Å². The Morgan fingerprint density at radius 1 is 0.943 bits per heavy atom. The summed E-state index contributed by atoms with van der Waals surface area (Å²) in [6, 6.07) is 19.4. The molecule has 1 heterocycles. The predicted molar refractivity (Wildman–Crippen MR) is 123 cm³/mol. The quantitative estimate of drug-likeness (QED) is 0.384. The van der Waals surface area contributed by atoms with E-state index in [1.807, 2.05) is 6.07 Å². The first-order chi connectivity index (χ1) is 16.9. The highest BCUT2D eigenvalue weighted by Crippen LogP contribution is 2.29. The molecule has 0 radical (unpaired) electrons. The van der Waals surface area contributed by atoms with E-state index in [-0.39, 0.29) is 35.3 Å². The van der Waals surface area contributed by atoms with Crippen LogP contribution in [-0.4, -0.2) is 36.8 Å². The molecule has 0 aromatic heterocycles. The zero-order valence-electron chi connectivity index (χ0n) is 18.3. The number of hydrogen-bond donors (Lipinski definition) is 0. The number of carbonyl (C=O) groups excluding carboxylic acids is 4. The summed E-state index contributed by atoms with van der Waals surface area (Å²) in [6.07, 6.45) is 0.0973. The molecule has 1 aliphatic heterocycles. The van der Waals surface area contributed by atoms with Crippen molar-refractivity contribution in [3.63, 3.8) is 0 Å². The fraction of sp³-hybridized carbons (Fsp3) is 0.115. The fourth-order valence-electron chi connectivity index (χ4n) is 3.65. The summed E-state index contributed by atoms with van der Waals surface area (Å²) in [5.41, 5.74) is 0.845. The maximum absolute atomic E-state index is 13.2. The molecule has 9 heteroatoms. The number of rotatable bonds is 7. The third-order valence-electron chi connectivity index (χ3n) is 5.35. The third kappa shape index (κ3) is 4.77. The topological polar surface area (TPSA) is 108 Å². The number of carbonyl (C=O) groups is 4. The number of anilines is 2. The number of para-hydroxylation sites is 1. The molecule has 0 saturated carbocycles. The van der Waals surface area contributed by atoms with Gasteiger partial charge in [0.25, 0.3) is 17.7 Å². The first kappa shape index (κ1) is 23.3. The summed E-state index contributed by atoms with van der Waals surface area (Å²) in [4.78, 5) is 53.1. The molecule has 0 unspecified atom stereocenters. The van der Waals surface area contributed by atoms with E-state index in [2.05, 4.69) is 0 Å². The molecule has 1 aliphatic rings. The molecular weight excluding hydrogens is 453 g/mol. The van der Waals surface area contributed by atoms with E-state index in [4.69, 9.17) is 10.00 Å². The van der Waals surface area contributed by atoms with Crippen LogP contribution in [-0.2, 0) is 9.53 Å². The van der Waals surface area contributed by atoms with Crippen LogP contribution in [0.25, 0.3) is 0 Å². The molecule has 0 spiro atoms. The fourth-order valence-corrected chi connectivity index (χ4v) is 3.65. The molecule has 0 aliphatic carbocycles. The van der Waals surface area contributed by atoms with Gasteiger partial charge in [-0.25, -0.2) is 14.1 Å². The summed E-state index contributed by atoms with van der Waals surface area (Å²) in [5, 5.41) is 8.89. The minimum Gasteiger partial charge on any atom is -0.452 e. The number of amides is 3. The Labute approximate surface area is 199 Å². The Morgan fingerprint density at radius 2 is 1.63 bits per heavy atom. The van der Waals surface area contributed by atoms with Crippen LogP contribution in [0.4, 0.5) is 15.8 Å².